The molecule has 0 radical (unpaired) electrons. The smallest absolute Gasteiger partial charge is 0.477 e. The van der Waals surface area contributed by atoms with E-state index in [1.54, 1.807) is 6.92 Å². The lowest BCUT2D eigenvalue weighted by atomic mass is 10.00. The Labute approximate surface area is 224 Å². The molecule has 0 aliphatic heterocycles. The van der Waals surface area contributed by atoms with Gasteiger partial charge >= 0.3 is 24.2 Å². The molecule has 0 aliphatic carbocycles. The standard InChI is InChI=1S/C27H41NO10/c1-8-17(4)15-34-25(32)36-22-12-11-21(13-23(22)37-26(33)35-16-18(5)9-2)14-27(24(30)31,38-20(7)29)28-19(6)10-3/h11-13,17-19,28H,8-10,14-16H2,1-7H3,(H,30,31)/t17?,18?,19?,27-/m0/s1. The van der Waals surface area contributed by atoms with E-state index in [1.165, 1.54) is 18.2 Å². The zero-order valence-electron chi connectivity index (χ0n) is 23.3. The molecule has 11 heteroatoms. The molecular weight excluding hydrogens is 498 g/mol. The third kappa shape index (κ3) is 11.0. The molecule has 38 heavy (non-hydrogen) atoms. The van der Waals surface area contributed by atoms with Crippen LogP contribution in [0.4, 0.5) is 9.59 Å². The van der Waals surface area contributed by atoms with Gasteiger partial charge in [-0.05, 0) is 42.9 Å². The van der Waals surface area contributed by atoms with E-state index in [4.69, 9.17) is 23.7 Å². The van der Waals surface area contributed by atoms with Crippen LogP contribution in [0.2, 0.25) is 0 Å². The Morgan fingerprint density at radius 1 is 0.868 bits per heavy atom. The third-order valence-electron chi connectivity index (χ3n) is 5.97. The van der Waals surface area contributed by atoms with Crippen LogP contribution in [0.3, 0.4) is 0 Å². The first kappa shape index (κ1) is 32.7. The van der Waals surface area contributed by atoms with E-state index in [0.29, 0.717) is 12.0 Å². The lowest BCUT2D eigenvalue weighted by Crippen LogP contribution is -2.59. The number of aliphatic carboxylic acids is 1. The van der Waals surface area contributed by atoms with E-state index in [-0.39, 0.29) is 49.0 Å². The molecular formula is C27H41NO10. The highest BCUT2D eigenvalue weighted by Crippen LogP contribution is 2.31. The van der Waals surface area contributed by atoms with Crippen LogP contribution in [0.1, 0.15) is 73.3 Å². The van der Waals surface area contributed by atoms with Gasteiger partial charge in [0.05, 0.1) is 13.2 Å². The number of rotatable bonds is 15. The average Bonchev–Trinajstić information content (AvgIpc) is 2.86. The molecule has 0 fully saturated rings. The molecule has 0 saturated heterocycles. The normalized spacial score (nSPS) is 14.8. The Bertz CT molecular complexity index is 950. The Morgan fingerprint density at radius 2 is 1.39 bits per heavy atom. The number of carboxylic acids is 1. The monoisotopic (exact) mass is 539 g/mol. The molecule has 0 aromatic heterocycles. The number of esters is 1. The van der Waals surface area contributed by atoms with E-state index in [2.05, 4.69) is 5.32 Å². The first-order chi connectivity index (χ1) is 17.8. The summed E-state index contributed by atoms with van der Waals surface area (Å²) in [5, 5.41) is 12.9. The van der Waals surface area contributed by atoms with Gasteiger partial charge < -0.3 is 28.8 Å². The maximum absolute atomic E-state index is 12.4. The van der Waals surface area contributed by atoms with Crippen molar-refractivity contribution in [2.75, 3.05) is 13.2 Å². The molecule has 11 nitrogen and oxygen atoms in total. The largest absolute Gasteiger partial charge is 0.513 e. The van der Waals surface area contributed by atoms with Gasteiger partial charge in [-0.3, -0.25) is 10.1 Å². The van der Waals surface area contributed by atoms with E-state index in [9.17, 15) is 24.3 Å². The molecule has 0 amide bonds. The Balaban J connectivity index is 3.33. The van der Waals surface area contributed by atoms with E-state index >= 15 is 0 Å². The van der Waals surface area contributed by atoms with Crippen molar-refractivity contribution < 1.29 is 48.0 Å². The minimum atomic E-state index is -2.09. The van der Waals surface area contributed by atoms with Gasteiger partial charge in [-0.1, -0.05) is 53.5 Å². The second-order valence-electron chi connectivity index (χ2n) is 9.49. The second kappa shape index (κ2) is 15.8. The molecule has 1 rings (SSSR count). The van der Waals surface area contributed by atoms with Crippen molar-refractivity contribution in [2.45, 2.75) is 85.9 Å². The summed E-state index contributed by atoms with van der Waals surface area (Å²) in [6.07, 6.45) is -0.176. The number of nitrogens with one attached hydrogen (secondary N) is 1. The van der Waals surface area contributed by atoms with Crippen molar-refractivity contribution in [3.63, 3.8) is 0 Å². The lowest BCUT2D eigenvalue weighted by molar-refractivity contribution is -0.183. The first-order valence-electron chi connectivity index (χ1n) is 12.9. The fourth-order valence-electron chi connectivity index (χ4n) is 3.05. The molecule has 0 bridgehead atoms. The van der Waals surface area contributed by atoms with Gasteiger partial charge in [-0.2, -0.15) is 0 Å². The van der Waals surface area contributed by atoms with E-state index in [1.807, 2.05) is 34.6 Å². The molecule has 3 unspecified atom stereocenters. The quantitative estimate of drug-likeness (QED) is 0.133. The topological polar surface area (TPSA) is 147 Å². The Kier molecular flexibility index (Phi) is 13.6. The van der Waals surface area contributed by atoms with Crippen LogP contribution < -0.4 is 14.8 Å². The van der Waals surface area contributed by atoms with E-state index in [0.717, 1.165) is 19.8 Å². The highest BCUT2D eigenvalue weighted by Gasteiger charge is 2.43. The summed E-state index contributed by atoms with van der Waals surface area (Å²) < 4.78 is 26.1. The summed E-state index contributed by atoms with van der Waals surface area (Å²) in [7, 11) is 0. The number of ether oxygens (including phenoxy) is 5. The number of hydrogen-bond donors (Lipinski definition) is 2. The molecule has 0 spiro atoms. The van der Waals surface area contributed by atoms with Gasteiger partial charge in [0.2, 0.25) is 0 Å². The average molecular weight is 540 g/mol. The molecule has 0 heterocycles. The second-order valence-corrected chi connectivity index (χ2v) is 9.49. The summed E-state index contributed by atoms with van der Waals surface area (Å²) in [5.41, 5.74) is -1.78. The molecule has 0 saturated carbocycles. The molecule has 2 N–H and O–H groups in total. The van der Waals surface area contributed by atoms with Crippen molar-refractivity contribution in [2.24, 2.45) is 11.8 Å². The summed E-state index contributed by atoms with van der Waals surface area (Å²) in [6, 6.07) is 3.82. The third-order valence-corrected chi connectivity index (χ3v) is 5.97. The van der Waals surface area contributed by atoms with Crippen molar-refractivity contribution in [1.29, 1.82) is 0 Å². The summed E-state index contributed by atoms with van der Waals surface area (Å²) in [6.45, 7) is 12.7. The zero-order chi connectivity index (χ0) is 28.9. The molecule has 1 aromatic carbocycles. The van der Waals surface area contributed by atoms with Gasteiger partial charge in [-0.15, -0.1) is 0 Å². The molecule has 1 aromatic rings. The summed E-state index contributed by atoms with van der Waals surface area (Å²) in [5.74, 6) is -2.30. The van der Waals surface area contributed by atoms with Crippen LogP contribution in [-0.4, -0.2) is 54.3 Å². The van der Waals surface area contributed by atoms with Crippen LogP contribution in [0.5, 0.6) is 11.5 Å². The number of benzene rings is 1. The SMILES string of the molecule is CCC(C)COC(=O)Oc1ccc(C[C@](NC(C)CC)(OC(C)=O)C(=O)O)cc1OC(=O)OCC(C)CC. The predicted molar refractivity (Wildman–Crippen MR) is 138 cm³/mol. The lowest BCUT2D eigenvalue weighted by Gasteiger charge is -2.32. The van der Waals surface area contributed by atoms with Gasteiger partial charge in [0, 0.05) is 19.4 Å². The van der Waals surface area contributed by atoms with Crippen LogP contribution in [0, 0.1) is 11.8 Å². The Hall–Kier alpha value is -3.34. The van der Waals surface area contributed by atoms with Crippen LogP contribution in [0.25, 0.3) is 0 Å². The van der Waals surface area contributed by atoms with Gasteiger partial charge in [0.15, 0.2) is 11.5 Å². The fourth-order valence-corrected chi connectivity index (χ4v) is 3.05. The van der Waals surface area contributed by atoms with Gasteiger partial charge in [0.1, 0.15) is 0 Å². The molecule has 214 valence electrons. The van der Waals surface area contributed by atoms with Crippen molar-refractivity contribution in [1.82, 2.24) is 5.32 Å². The number of carbonyl (C=O) groups excluding carboxylic acids is 3. The minimum Gasteiger partial charge on any atom is -0.477 e. The first-order valence-corrected chi connectivity index (χ1v) is 12.9. The Morgan fingerprint density at radius 3 is 1.84 bits per heavy atom. The molecule has 0 aliphatic rings. The fraction of sp³-hybridized carbons (Fsp3) is 0.630. The minimum absolute atomic E-state index is 0.103. The summed E-state index contributed by atoms with van der Waals surface area (Å²) in [4.78, 5) is 48.7. The number of carbonyl (C=O) groups is 4. The van der Waals surface area contributed by atoms with Crippen molar-refractivity contribution in [3.05, 3.63) is 23.8 Å². The maximum atomic E-state index is 12.4. The zero-order valence-corrected chi connectivity index (χ0v) is 23.3. The van der Waals surface area contributed by atoms with Crippen LogP contribution in [0.15, 0.2) is 18.2 Å². The van der Waals surface area contributed by atoms with Gasteiger partial charge in [0.25, 0.3) is 5.72 Å². The van der Waals surface area contributed by atoms with E-state index < -0.39 is 30.0 Å². The molecule has 4 atom stereocenters. The van der Waals surface area contributed by atoms with Crippen molar-refractivity contribution in [3.8, 4) is 11.5 Å². The van der Waals surface area contributed by atoms with Gasteiger partial charge in [-0.25, -0.2) is 14.4 Å². The highest BCUT2D eigenvalue weighted by atomic mass is 16.7. The maximum Gasteiger partial charge on any atom is 0.513 e. The van der Waals surface area contributed by atoms with Crippen molar-refractivity contribution >= 4 is 24.2 Å². The summed E-state index contributed by atoms with van der Waals surface area (Å²) >= 11 is 0. The van der Waals surface area contributed by atoms with Crippen LogP contribution in [-0.2, 0) is 30.2 Å². The number of carboxylic acid groups (broad SMARTS) is 1. The van der Waals surface area contributed by atoms with Crippen LogP contribution >= 0.6 is 0 Å². The highest BCUT2D eigenvalue weighted by molar-refractivity contribution is 5.81. The number of hydrogen-bond acceptors (Lipinski definition) is 10. The predicted octanol–water partition coefficient (Wildman–Crippen LogP) is 5.08.